The van der Waals surface area contributed by atoms with E-state index >= 15 is 0 Å². The minimum atomic E-state index is -0.108. The number of methoxy groups -OCH3 is 2. The molecule has 8 atom stereocenters. The fraction of sp³-hybridized carbons (Fsp3) is 0.550. The summed E-state index contributed by atoms with van der Waals surface area (Å²) in [7, 11) is 15.2. The largest absolute Gasteiger partial charge is 0.472 e. The van der Waals surface area contributed by atoms with Crippen molar-refractivity contribution in [1.82, 2.24) is 72.5 Å². The van der Waals surface area contributed by atoms with E-state index in [1.165, 1.54) is 33.8 Å². The molecule has 9 aromatic rings. The third kappa shape index (κ3) is 12.1. The molecule has 0 aromatic carbocycles. The van der Waals surface area contributed by atoms with E-state index in [9.17, 15) is 0 Å². The van der Waals surface area contributed by atoms with Gasteiger partial charge >= 0.3 is 0 Å². The number of ether oxygens (including phenoxy) is 3. The summed E-state index contributed by atoms with van der Waals surface area (Å²) in [5.74, 6) is 1.68. The second kappa shape index (κ2) is 27.2. The lowest BCUT2D eigenvalue weighted by atomic mass is 9.83. The van der Waals surface area contributed by atoms with Gasteiger partial charge in [0.25, 0.3) is 0 Å². The van der Waals surface area contributed by atoms with E-state index in [-0.39, 0.29) is 54.1 Å². The highest BCUT2D eigenvalue weighted by atomic mass is 16.5. The molecule has 2 bridgehead atoms. The van der Waals surface area contributed by atoms with Gasteiger partial charge in [-0.25, -0.2) is 15.0 Å². The minimum absolute atomic E-state index is 0.0605. The summed E-state index contributed by atoms with van der Waals surface area (Å²) in [4.78, 5) is 47.6. The Balaban J connectivity index is 0.675. The van der Waals surface area contributed by atoms with Gasteiger partial charge in [0.05, 0.1) is 81.8 Å². The monoisotopic (exact) mass is 1320 g/mol. The van der Waals surface area contributed by atoms with Crippen molar-refractivity contribution in [2.24, 2.45) is 11.8 Å². The summed E-state index contributed by atoms with van der Waals surface area (Å²) in [6, 6.07) is 25.3. The number of aromatic nitrogens is 9. The Morgan fingerprint density at radius 1 is 0.439 bits per heavy atom. The molecule has 0 spiro atoms. The molecule has 8 aliphatic rings. The average Bonchev–Trinajstić information content (AvgIpc) is 1.56. The summed E-state index contributed by atoms with van der Waals surface area (Å²) in [6.07, 6.45) is 29.9. The van der Waals surface area contributed by atoms with E-state index in [1.54, 1.807) is 0 Å². The Labute approximate surface area is 579 Å². The number of nitrogens with zero attached hydrogens (tertiary/aromatic N) is 15. The van der Waals surface area contributed by atoms with Gasteiger partial charge < -0.3 is 37.7 Å². The second-order valence-electron chi connectivity index (χ2n) is 30.7. The van der Waals surface area contributed by atoms with Crippen molar-refractivity contribution in [3.8, 4) is 28.1 Å². The molecule has 0 amide bonds. The van der Waals surface area contributed by atoms with Gasteiger partial charge in [0.2, 0.25) is 0 Å². The molecule has 516 valence electrons. The first-order valence-corrected chi connectivity index (χ1v) is 37.1. The molecule has 98 heavy (non-hydrogen) atoms. The van der Waals surface area contributed by atoms with Crippen LogP contribution in [0.3, 0.4) is 0 Å². The number of rotatable bonds is 16. The van der Waals surface area contributed by atoms with E-state index in [4.69, 9.17) is 44.1 Å². The molecule has 0 aliphatic carbocycles. The van der Waals surface area contributed by atoms with Gasteiger partial charge in [-0.2, -0.15) is 0 Å². The van der Waals surface area contributed by atoms with Gasteiger partial charge in [-0.15, -0.1) is 0 Å². The molecule has 8 aliphatic heterocycles. The van der Waals surface area contributed by atoms with Crippen molar-refractivity contribution < 1.29 is 14.2 Å². The maximum atomic E-state index is 6.97. The number of hydrogen-bond acceptors (Lipinski definition) is 15. The van der Waals surface area contributed by atoms with E-state index in [1.807, 2.05) is 20.4 Å². The van der Waals surface area contributed by atoms with Crippen LogP contribution in [-0.2, 0) is 9.47 Å². The molecule has 18 nitrogen and oxygen atoms in total. The van der Waals surface area contributed by atoms with Crippen LogP contribution < -0.4 is 4.74 Å². The normalized spacial score (nSPS) is 26.8. The van der Waals surface area contributed by atoms with Crippen molar-refractivity contribution >= 4 is 16.9 Å². The van der Waals surface area contributed by atoms with Crippen LogP contribution >= 0.6 is 0 Å². The van der Waals surface area contributed by atoms with Crippen LogP contribution in [0, 0.1) is 32.6 Å². The molecule has 0 N–H and O–H groups in total. The second-order valence-corrected chi connectivity index (χ2v) is 30.7. The number of fused-ring (bicyclic) bond motifs is 6. The van der Waals surface area contributed by atoms with Crippen molar-refractivity contribution in [2.45, 2.75) is 178 Å². The van der Waals surface area contributed by atoms with Crippen molar-refractivity contribution in [3.05, 3.63) is 166 Å². The number of imidazole rings is 3. The molecule has 0 saturated carbocycles. The number of pyridine rings is 6. The van der Waals surface area contributed by atoms with E-state index in [2.05, 4.69) is 196 Å². The molecule has 17 heterocycles. The Kier molecular flexibility index (Phi) is 18.2. The molecular weight excluding hydrogens is 1220 g/mol. The summed E-state index contributed by atoms with van der Waals surface area (Å²) < 4.78 is 27.2. The van der Waals surface area contributed by atoms with Gasteiger partial charge in [-0.1, -0.05) is 12.1 Å². The van der Waals surface area contributed by atoms with Gasteiger partial charge in [0, 0.05) is 82.2 Å². The van der Waals surface area contributed by atoms with Gasteiger partial charge in [-0.05, 0) is 279 Å². The molecular formula is C80H103N15O3. The Bertz CT molecular complexity index is 4330. The highest BCUT2D eigenvalue weighted by molar-refractivity contribution is 5.70. The molecule has 9 aromatic heterocycles. The fourth-order valence-corrected chi connectivity index (χ4v) is 19.1. The van der Waals surface area contributed by atoms with Gasteiger partial charge in [0.1, 0.15) is 34.8 Å². The number of aryl methyl sites for hydroxylation is 3. The van der Waals surface area contributed by atoms with Crippen molar-refractivity contribution in [3.63, 3.8) is 0 Å². The lowest BCUT2D eigenvalue weighted by molar-refractivity contribution is -0.0543. The quantitative estimate of drug-likeness (QED) is 0.0906. The smallest absolute Gasteiger partial charge is 0.199 e. The zero-order chi connectivity index (χ0) is 67.1. The van der Waals surface area contributed by atoms with Crippen molar-refractivity contribution in [2.75, 3.05) is 95.3 Å². The zero-order valence-electron chi connectivity index (χ0n) is 59.8. The van der Waals surface area contributed by atoms with Crippen LogP contribution in [0.2, 0.25) is 0 Å². The van der Waals surface area contributed by atoms with Crippen LogP contribution in [0.5, 0.6) is 5.88 Å². The number of hydrogen-bond donors (Lipinski definition) is 0. The van der Waals surface area contributed by atoms with E-state index in [0.717, 1.165) is 222 Å². The SMILES string of the molecule is CO[C@H](c1c([C@H]2CCC[C@@H](c3ncc(-c4ccn5c([C@H](OC)C6CCN(C)CC6)c([C@H]6CCC[C@@H](c7ncccc7C)N6C)nc5c4)cc3C)N2C)nc2cc(-c3cnc([C@@H]4CCC[C@H](c5cn6c(OC78CCN(CC7)CC8)cccc6n5)N4C)c(C)c3)ccn12)C1CCN(C)CC1. The highest BCUT2D eigenvalue weighted by Crippen LogP contribution is 2.49. The third-order valence-electron chi connectivity index (χ3n) is 24.9. The molecule has 8 saturated heterocycles. The first-order valence-electron chi connectivity index (χ1n) is 37.1. The summed E-state index contributed by atoms with van der Waals surface area (Å²) in [5.41, 5.74) is 20.0. The van der Waals surface area contributed by atoms with Crippen LogP contribution in [0.1, 0.15) is 213 Å². The lowest BCUT2D eigenvalue weighted by Gasteiger charge is -2.47. The molecule has 8 fully saturated rings. The fourth-order valence-electron chi connectivity index (χ4n) is 19.1. The van der Waals surface area contributed by atoms with Crippen LogP contribution in [0.25, 0.3) is 39.2 Å². The molecule has 0 unspecified atom stereocenters. The summed E-state index contributed by atoms with van der Waals surface area (Å²) in [5, 5.41) is 0. The first-order chi connectivity index (χ1) is 47.7. The third-order valence-corrected chi connectivity index (χ3v) is 24.9. The topological polar surface area (TPSA) is 138 Å². The predicted molar refractivity (Wildman–Crippen MR) is 385 cm³/mol. The maximum absolute atomic E-state index is 6.97. The molecule has 18 heteroatoms. The Morgan fingerprint density at radius 2 is 0.898 bits per heavy atom. The number of likely N-dealkylation sites (tertiary alicyclic amines) is 5. The zero-order valence-corrected chi connectivity index (χ0v) is 59.8. The van der Waals surface area contributed by atoms with Gasteiger partial charge in [-0.3, -0.25) is 34.1 Å². The first kappa shape index (κ1) is 65.6. The lowest BCUT2D eigenvalue weighted by Crippen LogP contribution is -2.55. The summed E-state index contributed by atoms with van der Waals surface area (Å²) in [6.45, 7) is 14.3. The standard InChI is InChI=1S/C80H103N15O3/c1-51-16-15-34-81-71(51)62-19-12-21-65(90(62)7)74-76(78(96-9)54-25-35-87(4)36-26-54)93-39-30-57(47-68(93)85-74)59-45-53(3)73(83-49-59)64-20-13-22-66(91(64)8)75-77(79(97-10)55-27-37-88(5)38-28-55)94-40-29-56(46-69(94)86-75)58-44-52(2)72(82-48-58)63-18-11-17-61(89(63)6)60-50-95-67(84-60)23-14-24-70(95)98-80-31-41-92(42-32-80)43-33-80/h14-16,23-24,29-30,34,39-40,44-50,54-55,61-66,78-79H,11-13,17-22,25-28,31-33,35-38,41-43H2,1-10H3/t61-,62+,63+,64+,65-,66-,78-,79+/m1/s1. The van der Waals surface area contributed by atoms with E-state index < -0.39 is 0 Å². The van der Waals surface area contributed by atoms with Crippen molar-refractivity contribution in [1.29, 1.82) is 0 Å². The minimum Gasteiger partial charge on any atom is -0.472 e. The van der Waals surface area contributed by atoms with E-state index in [0.29, 0.717) is 11.8 Å². The van der Waals surface area contributed by atoms with Crippen LogP contribution in [0.4, 0.5) is 0 Å². The van der Waals surface area contributed by atoms with Gasteiger partial charge in [0.15, 0.2) is 5.88 Å². The Hall–Kier alpha value is -7.00. The maximum Gasteiger partial charge on any atom is 0.199 e. The molecule has 17 rings (SSSR count). The average molecular weight is 1320 g/mol. The Morgan fingerprint density at radius 3 is 1.37 bits per heavy atom. The van der Waals surface area contributed by atoms with Crippen LogP contribution in [0.15, 0.2) is 104 Å². The van der Waals surface area contributed by atoms with Crippen LogP contribution in [-0.4, -0.2) is 173 Å². The highest BCUT2D eigenvalue weighted by Gasteiger charge is 2.44. The summed E-state index contributed by atoms with van der Waals surface area (Å²) >= 11 is 0. The predicted octanol–water partition coefficient (Wildman–Crippen LogP) is 14.4. The number of piperidine rings is 8. The molecule has 0 radical (unpaired) electrons.